The van der Waals surface area contributed by atoms with Crippen LogP contribution >= 0.6 is 24.0 Å². The zero-order valence-corrected chi connectivity index (χ0v) is 21.3. The normalized spacial score (nSPS) is 16.3. The summed E-state index contributed by atoms with van der Waals surface area (Å²) < 4.78 is 25.7. The van der Waals surface area contributed by atoms with Crippen LogP contribution in [0.4, 0.5) is 5.69 Å². The van der Waals surface area contributed by atoms with Crippen molar-refractivity contribution in [2.45, 2.75) is 52.1 Å². The number of aliphatic imine (C=N–C) groups is 1. The third-order valence-corrected chi connectivity index (χ3v) is 5.56. The lowest BCUT2D eigenvalue weighted by molar-refractivity contribution is 0.464. The van der Waals surface area contributed by atoms with Crippen molar-refractivity contribution in [3.05, 3.63) is 29.8 Å². The van der Waals surface area contributed by atoms with Gasteiger partial charge in [-0.05, 0) is 58.2 Å². The highest BCUT2D eigenvalue weighted by molar-refractivity contribution is 14.0. The first kappa shape index (κ1) is 26.0. The summed E-state index contributed by atoms with van der Waals surface area (Å²) in [6, 6.07) is 8.70. The molecule has 0 aliphatic carbocycles. The number of sulfonamides is 1. The van der Waals surface area contributed by atoms with E-state index in [4.69, 9.17) is 0 Å². The third kappa shape index (κ3) is 9.08. The lowest BCUT2D eigenvalue weighted by Gasteiger charge is -2.25. The van der Waals surface area contributed by atoms with Gasteiger partial charge in [-0.25, -0.2) is 13.1 Å². The first-order chi connectivity index (χ1) is 13.1. The summed E-state index contributed by atoms with van der Waals surface area (Å²) in [6.07, 6.45) is 3.68. The molecule has 1 aromatic carbocycles. The number of guanidine groups is 1. The maximum atomic E-state index is 11.5. The zero-order chi connectivity index (χ0) is 20.8. The minimum absolute atomic E-state index is 0. The monoisotopic (exact) mass is 537 g/mol. The van der Waals surface area contributed by atoms with Gasteiger partial charge in [-0.15, -0.1) is 24.0 Å². The van der Waals surface area contributed by atoms with Crippen molar-refractivity contribution in [1.82, 2.24) is 15.4 Å². The smallest absolute Gasteiger partial charge is 0.209 e. The number of benzene rings is 1. The maximum Gasteiger partial charge on any atom is 0.209 e. The number of anilines is 1. The van der Waals surface area contributed by atoms with E-state index in [2.05, 4.69) is 56.4 Å². The van der Waals surface area contributed by atoms with E-state index in [9.17, 15) is 8.42 Å². The van der Waals surface area contributed by atoms with Crippen molar-refractivity contribution >= 4 is 45.6 Å². The number of nitrogens with one attached hydrogen (secondary N) is 3. The van der Waals surface area contributed by atoms with Crippen LogP contribution in [0, 0.1) is 0 Å². The molecular weight excluding hydrogens is 501 g/mol. The standard InChI is InChI=1S/C20H35N5O2S.HI/c1-6-21-19(22-15-20(3,4)24-28(5,26)27)23-16(2)17-10-9-11-18(14-17)25-12-7-8-13-25;/h9-11,14,16,24H,6-8,12-13,15H2,1-5H3,(H2,21,22,23);1H. The van der Waals surface area contributed by atoms with E-state index >= 15 is 0 Å². The number of hydrogen-bond donors (Lipinski definition) is 3. The predicted octanol–water partition coefficient (Wildman–Crippen LogP) is 2.85. The Bertz CT molecular complexity index is 777. The van der Waals surface area contributed by atoms with E-state index in [1.165, 1.54) is 24.1 Å². The van der Waals surface area contributed by atoms with Crippen molar-refractivity contribution in [1.29, 1.82) is 0 Å². The summed E-state index contributed by atoms with van der Waals surface area (Å²) in [7, 11) is -3.29. The molecule has 0 saturated carbocycles. The number of hydrogen-bond acceptors (Lipinski definition) is 4. The highest BCUT2D eigenvalue weighted by Crippen LogP contribution is 2.24. The Balaban J connectivity index is 0.00000420. The van der Waals surface area contributed by atoms with Crippen LogP contribution in [0.25, 0.3) is 0 Å². The number of nitrogens with zero attached hydrogens (tertiary/aromatic N) is 2. The summed E-state index contributed by atoms with van der Waals surface area (Å²) >= 11 is 0. The molecule has 0 aromatic heterocycles. The van der Waals surface area contributed by atoms with Crippen molar-refractivity contribution < 1.29 is 8.42 Å². The van der Waals surface area contributed by atoms with Gasteiger partial charge in [0, 0.05) is 30.9 Å². The Morgan fingerprint density at radius 1 is 1.28 bits per heavy atom. The molecule has 1 aromatic rings. The van der Waals surface area contributed by atoms with Crippen LogP contribution in [0.1, 0.15) is 52.1 Å². The van der Waals surface area contributed by atoms with Crippen molar-refractivity contribution in [2.75, 3.05) is 37.3 Å². The zero-order valence-electron chi connectivity index (χ0n) is 18.2. The molecule has 1 aliphatic rings. The molecule has 7 nitrogen and oxygen atoms in total. The third-order valence-electron chi connectivity index (χ3n) is 4.63. The van der Waals surface area contributed by atoms with Gasteiger partial charge >= 0.3 is 0 Å². The Hall–Kier alpha value is -1.07. The van der Waals surface area contributed by atoms with Crippen LogP contribution in [-0.4, -0.2) is 52.4 Å². The van der Waals surface area contributed by atoms with Gasteiger partial charge in [0.05, 0.1) is 18.8 Å². The molecule has 3 N–H and O–H groups in total. The lowest BCUT2D eigenvalue weighted by atomic mass is 10.1. The van der Waals surface area contributed by atoms with E-state index in [1.54, 1.807) is 0 Å². The molecule has 1 aliphatic heterocycles. The van der Waals surface area contributed by atoms with Crippen LogP contribution in [0.3, 0.4) is 0 Å². The summed E-state index contributed by atoms with van der Waals surface area (Å²) in [5, 5.41) is 6.67. The van der Waals surface area contributed by atoms with Gasteiger partial charge in [0.25, 0.3) is 0 Å². The molecule has 0 amide bonds. The molecular formula is C20H36IN5O2S. The fourth-order valence-corrected chi connectivity index (χ4v) is 4.45. The molecule has 0 radical (unpaired) electrons. The van der Waals surface area contributed by atoms with Gasteiger partial charge in [0.15, 0.2) is 5.96 Å². The van der Waals surface area contributed by atoms with Crippen LogP contribution in [0.15, 0.2) is 29.3 Å². The Kier molecular flexibility index (Phi) is 10.2. The minimum Gasteiger partial charge on any atom is -0.372 e. The van der Waals surface area contributed by atoms with E-state index in [1.807, 2.05) is 20.8 Å². The molecule has 29 heavy (non-hydrogen) atoms. The molecule has 1 atom stereocenters. The molecule has 2 rings (SSSR count). The topological polar surface area (TPSA) is 85.8 Å². The minimum atomic E-state index is -3.29. The highest BCUT2D eigenvalue weighted by Gasteiger charge is 2.22. The summed E-state index contributed by atoms with van der Waals surface area (Å²) in [5.41, 5.74) is 1.81. The first-order valence-corrected chi connectivity index (χ1v) is 11.9. The fourth-order valence-electron chi connectivity index (χ4n) is 3.39. The quantitative estimate of drug-likeness (QED) is 0.270. The Morgan fingerprint density at radius 2 is 1.93 bits per heavy atom. The van der Waals surface area contributed by atoms with Crippen LogP contribution in [0.5, 0.6) is 0 Å². The van der Waals surface area contributed by atoms with Crippen LogP contribution in [0.2, 0.25) is 0 Å². The first-order valence-electron chi connectivity index (χ1n) is 9.98. The summed E-state index contributed by atoms with van der Waals surface area (Å²) in [6.45, 7) is 11.1. The molecule has 0 spiro atoms. The van der Waals surface area contributed by atoms with Gasteiger partial charge < -0.3 is 15.5 Å². The fraction of sp³-hybridized carbons (Fsp3) is 0.650. The second-order valence-corrected chi connectivity index (χ2v) is 9.86. The highest BCUT2D eigenvalue weighted by atomic mass is 127. The number of halogens is 1. The summed E-state index contributed by atoms with van der Waals surface area (Å²) in [4.78, 5) is 7.02. The largest absolute Gasteiger partial charge is 0.372 e. The van der Waals surface area contributed by atoms with E-state index in [0.29, 0.717) is 12.5 Å². The van der Waals surface area contributed by atoms with Gasteiger partial charge in [-0.1, -0.05) is 12.1 Å². The van der Waals surface area contributed by atoms with E-state index in [-0.39, 0.29) is 30.0 Å². The molecule has 9 heteroatoms. The average Bonchev–Trinajstić information content (AvgIpc) is 3.12. The molecule has 1 saturated heterocycles. The molecule has 166 valence electrons. The van der Waals surface area contributed by atoms with Crippen LogP contribution in [-0.2, 0) is 10.0 Å². The summed E-state index contributed by atoms with van der Waals surface area (Å²) in [5.74, 6) is 0.671. The van der Waals surface area contributed by atoms with Crippen molar-refractivity contribution in [3.8, 4) is 0 Å². The second kappa shape index (κ2) is 11.4. The van der Waals surface area contributed by atoms with Gasteiger partial charge in [0.2, 0.25) is 10.0 Å². The average molecular weight is 538 g/mol. The molecule has 1 unspecified atom stereocenters. The SMILES string of the molecule is CCNC(=NCC(C)(C)NS(C)(=O)=O)NC(C)c1cccc(N2CCCC2)c1.I. The van der Waals surface area contributed by atoms with Gasteiger partial charge in [-0.2, -0.15) is 0 Å². The van der Waals surface area contributed by atoms with E-state index in [0.717, 1.165) is 25.9 Å². The lowest BCUT2D eigenvalue weighted by Crippen LogP contribution is -2.47. The van der Waals surface area contributed by atoms with Crippen molar-refractivity contribution in [2.24, 2.45) is 4.99 Å². The molecule has 1 fully saturated rings. The Labute approximate surface area is 193 Å². The number of rotatable bonds is 8. The van der Waals surface area contributed by atoms with Gasteiger partial charge in [0.1, 0.15) is 0 Å². The maximum absolute atomic E-state index is 11.5. The Morgan fingerprint density at radius 3 is 2.52 bits per heavy atom. The van der Waals surface area contributed by atoms with Crippen molar-refractivity contribution in [3.63, 3.8) is 0 Å². The van der Waals surface area contributed by atoms with E-state index < -0.39 is 15.6 Å². The van der Waals surface area contributed by atoms with Gasteiger partial charge in [-0.3, -0.25) is 4.99 Å². The molecule has 0 bridgehead atoms. The molecule has 1 heterocycles. The predicted molar refractivity (Wildman–Crippen MR) is 133 cm³/mol. The second-order valence-electron chi connectivity index (χ2n) is 8.11. The van der Waals surface area contributed by atoms with Crippen LogP contribution < -0.4 is 20.3 Å².